The number of likely N-dealkylation sites (tertiary alicyclic amines) is 1. The number of carbonyl (C=O) groups is 2. The van der Waals surface area contributed by atoms with Crippen LogP contribution in [0.1, 0.15) is 25.0 Å². The van der Waals surface area contributed by atoms with Crippen molar-refractivity contribution in [2.75, 3.05) is 13.1 Å². The largest absolute Gasteiger partial charge is 0.481 e. The molecule has 1 saturated heterocycles. The van der Waals surface area contributed by atoms with Crippen LogP contribution in [0, 0.1) is 11.3 Å². The van der Waals surface area contributed by atoms with Crippen LogP contribution in [-0.4, -0.2) is 40.0 Å². The molecule has 2 fully saturated rings. The summed E-state index contributed by atoms with van der Waals surface area (Å²) in [4.78, 5) is 30.7. The second-order valence-electron chi connectivity index (χ2n) is 7.13. The summed E-state index contributed by atoms with van der Waals surface area (Å²) in [5.41, 5.74) is 0.829. The Bertz CT molecular complexity index is 868. The lowest BCUT2D eigenvalue weighted by molar-refractivity contribution is -0.149. The number of aromatic nitrogens is 1. The highest BCUT2D eigenvalue weighted by molar-refractivity contribution is 7.13. The first-order valence-electron chi connectivity index (χ1n) is 8.70. The first-order chi connectivity index (χ1) is 12.5. The predicted molar refractivity (Wildman–Crippen MR) is 100 cm³/mol. The molecule has 2 aliphatic rings. The van der Waals surface area contributed by atoms with Crippen LogP contribution in [0.5, 0.6) is 0 Å². The van der Waals surface area contributed by atoms with Crippen LogP contribution < -0.4 is 0 Å². The van der Waals surface area contributed by atoms with Crippen molar-refractivity contribution in [2.24, 2.45) is 11.3 Å². The zero-order chi connectivity index (χ0) is 18.3. The van der Waals surface area contributed by atoms with Crippen molar-refractivity contribution in [3.8, 4) is 10.6 Å². The van der Waals surface area contributed by atoms with Gasteiger partial charge in [0.1, 0.15) is 5.01 Å². The molecule has 0 radical (unpaired) electrons. The van der Waals surface area contributed by atoms with Gasteiger partial charge in [-0.15, -0.1) is 11.3 Å². The summed E-state index contributed by atoms with van der Waals surface area (Å²) in [6.07, 6.45) is 2.70. The summed E-state index contributed by atoms with van der Waals surface area (Å²) >= 11 is 7.67. The lowest BCUT2D eigenvalue weighted by Crippen LogP contribution is -2.37. The third kappa shape index (κ3) is 2.91. The second kappa shape index (κ2) is 6.67. The van der Waals surface area contributed by atoms with Crippen molar-refractivity contribution in [1.29, 1.82) is 0 Å². The number of carboxylic acids is 1. The Morgan fingerprint density at radius 2 is 2.19 bits per heavy atom. The highest BCUT2D eigenvalue weighted by Gasteiger charge is 2.55. The number of thiazole rings is 1. The van der Waals surface area contributed by atoms with Crippen molar-refractivity contribution < 1.29 is 14.7 Å². The summed E-state index contributed by atoms with van der Waals surface area (Å²) in [5.74, 6) is -0.723. The fourth-order valence-electron chi connectivity index (χ4n) is 4.24. The number of hydrogen-bond donors (Lipinski definition) is 1. The molecule has 1 amide bonds. The molecule has 7 heteroatoms. The SMILES string of the molecule is O=C(Cc1csc(-c2ccccc2Cl)n1)N1C[C@@H]2CCC[C@@]2(C(=O)O)C1. The molecule has 1 saturated carbocycles. The van der Waals surface area contributed by atoms with Crippen LogP contribution >= 0.6 is 22.9 Å². The number of fused-ring (bicyclic) bond motifs is 1. The molecule has 1 aliphatic heterocycles. The van der Waals surface area contributed by atoms with Crippen LogP contribution in [0.25, 0.3) is 10.6 Å². The Morgan fingerprint density at radius 1 is 1.38 bits per heavy atom. The van der Waals surface area contributed by atoms with E-state index in [1.807, 2.05) is 29.6 Å². The molecule has 2 atom stereocenters. The Labute approximate surface area is 160 Å². The van der Waals surface area contributed by atoms with E-state index in [1.54, 1.807) is 4.90 Å². The first kappa shape index (κ1) is 17.5. The van der Waals surface area contributed by atoms with Crippen LogP contribution in [0.2, 0.25) is 5.02 Å². The van der Waals surface area contributed by atoms with E-state index < -0.39 is 11.4 Å². The smallest absolute Gasteiger partial charge is 0.311 e. The van der Waals surface area contributed by atoms with Crippen molar-refractivity contribution in [1.82, 2.24) is 9.88 Å². The van der Waals surface area contributed by atoms with Gasteiger partial charge in [-0.1, -0.05) is 36.2 Å². The van der Waals surface area contributed by atoms with Gasteiger partial charge in [-0.2, -0.15) is 0 Å². The van der Waals surface area contributed by atoms with E-state index in [1.165, 1.54) is 11.3 Å². The fourth-order valence-corrected chi connectivity index (χ4v) is 5.38. The van der Waals surface area contributed by atoms with Gasteiger partial charge in [0.25, 0.3) is 0 Å². The number of carbonyl (C=O) groups excluding carboxylic acids is 1. The van der Waals surface area contributed by atoms with Gasteiger partial charge in [0.05, 0.1) is 22.6 Å². The third-order valence-electron chi connectivity index (χ3n) is 5.64. The van der Waals surface area contributed by atoms with E-state index in [2.05, 4.69) is 4.98 Å². The lowest BCUT2D eigenvalue weighted by Gasteiger charge is -2.23. The zero-order valence-corrected chi connectivity index (χ0v) is 15.7. The Morgan fingerprint density at radius 3 is 2.92 bits per heavy atom. The molecular weight excluding hydrogens is 372 g/mol. The monoisotopic (exact) mass is 390 g/mol. The Hall–Kier alpha value is -1.92. The molecule has 2 heterocycles. The van der Waals surface area contributed by atoms with Crippen LogP contribution in [0.3, 0.4) is 0 Å². The number of rotatable bonds is 4. The van der Waals surface area contributed by atoms with Gasteiger partial charge >= 0.3 is 5.97 Å². The molecule has 136 valence electrons. The van der Waals surface area contributed by atoms with E-state index in [-0.39, 0.29) is 18.2 Å². The van der Waals surface area contributed by atoms with Gasteiger partial charge in [0.15, 0.2) is 0 Å². The van der Waals surface area contributed by atoms with Crippen molar-refractivity contribution >= 4 is 34.8 Å². The van der Waals surface area contributed by atoms with E-state index in [0.29, 0.717) is 30.2 Å². The maximum absolute atomic E-state index is 12.7. The first-order valence-corrected chi connectivity index (χ1v) is 9.96. The van der Waals surface area contributed by atoms with E-state index >= 15 is 0 Å². The molecule has 5 nitrogen and oxygen atoms in total. The molecule has 1 N–H and O–H groups in total. The standard InChI is InChI=1S/C19H19ClN2O3S/c20-15-6-2-1-5-14(15)17-21-13(10-26-17)8-16(23)22-9-12-4-3-7-19(12,11-22)18(24)25/h1-2,5-6,10,12H,3-4,7-9,11H2,(H,24,25)/t12-,19+/m0/s1. The summed E-state index contributed by atoms with van der Waals surface area (Å²) in [7, 11) is 0. The zero-order valence-electron chi connectivity index (χ0n) is 14.2. The Balaban J connectivity index is 1.47. The highest BCUT2D eigenvalue weighted by Crippen LogP contribution is 2.49. The maximum atomic E-state index is 12.7. The predicted octanol–water partition coefficient (Wildman–Crippen LogP) is 3.72. The summed E-state index contributed by atoms with van der Waals surface area (Å²) in [5, 5.41) is 13.0. The second-order valence-corrected chi connectivity index (χ2v) is 8.39. The fraction of sp³-hybridized carbons (Fsp3) is 0.421. The molecule has 1 aromatic heterocycles. The lowest BCUT2D eigenvalue weighted by atomic mass is 9.81. The number of hydrogen-bond acceptors (Lipinski definition) is 4. The summed E-state index contributed by atoms with van der Waals surface area (Å²) < 4.78 is 0. The average molecular weight is 391 g/mol. The van der Waals surface area contributed by atoms with Gasteiger partial charge in [0, 0.05) is 24.0 Å². The molecule has 0 bridgehead atoms. The number of carboxylic acid groups (broad SMARTS) is 1. The molecule has 2 aromatic rings. The van der Waals surface area contributed by atoms with Gasteiger partial charge in [0.2, 0.25) is 5.91 Å². The van der Waals surface area contributed by atoms with Crippen molar-refractivity contribution in [3.05, 3.63) is 40.4 Å². The van der Waals surface area contributed by atoms with Crippen molar-refractivity contribution in [2.45, 2.75) is 25.7 Å². The van der Waals surface area contributed by atoms with Gasteiger partial charge < -0.3 is 10.0 Å². The molecule has 26 heavy (non-hydrogen) atoms. The number of aliphatic carboxylic acids is 1. The Kier molecular flexibility index (Phi) is 4.49. The minimum absolute atomic E-state index is 0.0453. The normalized spacial score (nSPS) is 24.7. The molecule has 1 aliphatic carbocycles. The van der Waals surface area contributed by atoms with E-state index in [9.17, 15) is 14.7 Å². The van der Waals surface area contributed by atoms with Crippen molar-refractivity contribution in [3.63, 3.8) is 0 Å². The van der Waals surface area contributed by atoms with Gasteiger partial charge in [-0.05, 0) is 24.8 Å². The highest BCUT2D eigenvalue weighted by atomic mass is 35.5. The molecule has 4 rings (SSSR count). The summed E-state index contributed by atoms with van der Waals surface area (Å²) in [6, 6.07) is 7.50. The van der Waals surface area contributed by atoms with Gasteiger partial charge in [-0.3, -0.25) is 9.59 Å². The van der Waals surface area contributed by atoms with E-state index in [4.69, 9.17) is 11.6 Å². The van der Waals surface area contributed by atoms with Crippen LogP contribution in [0.4, 0.5) is 0 Å². The number of amides is 1. The van der Waals surface area contributed by atoms with Crippen LogP contribution in [0.15, 0.2) is 29.6 Å². The number of benzene rings is 1. The number of nitrogens with zero attached hydrogens (tertiary/aromatic N) is 2. The van der Waals surface area contributed by atoms with E-state index in [0.717, 1.165) is 23.4 Å². The topological polar surface area (TPSA) is 70.5 Å². The molecule has 1 aromatic carbocycles. The average Bonchev–Trinajstić information content (AvgIpc) is 3.29. The molecular formula is C19H19ClN2O3S. The minimum atomic E-state index is -0.759. The molecule has 0 spiro atoms. The summed E-state index contributed by atoms with van der Waals surface area (Å²) in [6.45, 7) is 0.875. The number of halogens is 1. The molecule has 0 unspecified atom stereocenters. The van der Waals surface area contributed by atoms with Crippen LogP contribution in [-0.2, 0) is 16.0 Å². The van der Waals surface area contributed by atoms with Gasteiger partial charge in [-0.25, -0.2) is 4.98 Å². The maximum Gasteiger partial charge on any atom is 0.311 e. The third-order valence-corrected chi connectivity index (χ3v) is 6.89. The minimum Gasteiger partial charge on any atom is -0.481 e. The quantitative estimate of drug-likeness (QED) is 0.863.